The monoisotopic (exact) mass is 353 g/mol. The van der Waals surface area contributed by atoms with E-state index in [1.165, 1.54) is 11.1 Å². The number of nitrogens with zero attached hydrogens (tertiary/aromatic N) is 1. The number of hydrogen-bond acceptors (Lipinski definition) is 3. The number of fused-ring (bicyclic) bond motifs is 1. The molecule has 1 aliphatic rings. The molecule has 138 valence electrons. The number of amides is 1. The molecule has 0 heterocycles. The van der Waals surface area contributed by atoms with E-state index in [1.54, 1.807) is 14.2 Å². The van der Waals surface area contributed by atoms with Gasteiger partial charge in [0.05, 0.1) is 20.3 Å². The summed E-state index contributed by atoms with van der Waals surface area (Å²) in [6.07, 6.45) is 4.47. The molecule has 1 unspecified atom stereocenters. The van der Waals surface area contributed by atoms with Gasteiger partial charge in [-0.1, -0.05) is 30.3 Å². The normalized spacial score (nSPS) is 15.9. The lowest BCUT2D eigenvalue weighted by Gasteiger charge is -2.33. The summed E-state index contributed by atoms with van der Waals surface area (Å²) in [5.41, 5.74) is 3.76. The first-order valence-electron chi connectivity index (χ1n) is 9.18. The summed E-state index contributed by atoms with van der Waals surface area (Å²) < 4.78 is 10.6. The number of aryl methyl sites for hydroxylation is 2. The summed E-state index contributed by atoms with van der Waals surface area (Å²) in [5.74, 6) is 1.59. The van der Waals surface area contributed by atoms with Crippen LogP contribution in [0, 0.1) is 0 Å². The minimum absolute atomic E-state index is 0.182. The second kappa shape index (κ2) is 8.26. The molecule has 0 N–H and O–H groups in total. The molecule has 1 atom stereocenters. The van der Waals surface area contributed by atoms with Crippen LogP contribution in [0.3, 0.4) is 0 Å². The van der Waals surface area contributed by atoms with E-state index in [4.69, 9.17) is 9.47 Å². The molecule has 4 heteroatoms. The van der Waals surface area contributed by atoms with Crippen molar-refractivity contribution in [1.29, 1.82) is 0 Å². The molecular formula is C22H27NO3. The van der Waals surface area contributed by atoms with Crippen molar-refractivity contribution in [3.63, 3.8) is 0 Å². The fourth-order valence-electron chi connectivity index (χ4n) is 3.77. The van der Waals surface area contributed by atoms with Gasteiger partial charge < -0.3 is 14.4 Å². The molecule has 26 heavy (non-hydrogen) atoms. The van der Waals surface area contributed by atoms with Crippen LogP contribution >= 0.6 is 0 Å². The highest BCUT2D eigenvalue weighted by Gasteiger charge is 2.26. The van der Waals surface area contributed by atoms with Gasteiger partial charge in [0.1, 0.15) is 0 Å². The van der Waals surface area contributed by atoms with Crippen molar-refractivity contribution in [2.75, 3.05) is 21.3 Å². The molecule has 4 nitrogen and oxygen atoms in total. The topological polar surface area (TPSA) is 38.8 Å². The Morgan fingerprint density at radius 1 is 1.12 bits per heavy atom. The lowest BCUT2D eigenvalue weighted by Crippen LogP contribution is -2.33. The highest BCUT2D eigenvalue weighted by molar-refractivity contribution is 5.77. The predicted octanol–water partition coefficient (Wildman–Crippen LogP) is 4.17. The largest absolute Gasteiger partial charge is 0.493 e. The second-order valence-corrected chi connectivity index (χ2v) is 6.80. The van der Waals surface area contributed by atoms with E-state index >= 15 is 0 Å². The Morgan fingerprint density at radius 3 is 2.65 bits per heavy atom. The minimum Gasteiger partial charge on any atom is -0.493 e. The zero-order chi connectivity index (χ0) is 18.5. The summed E-state index contributed by atoms with van der Waals surface area (Å²) in [4.78, 5) is 14.7. The van der Waals surface area contributed by atoms with Gasteiger partial charge in [-0.25, -0.2) is 0 Å². The molecule has 0 spiro atoms. The van der Waals surface area contributed by atoms with Crippen LogP contribution in [0.15, 0.2) is 42.5 Å². The zero-order valence-electron chi connectivity index (χ0n) is 15.8. The molecule has 0 saturated heterocycles. The molecule has 0 fully saturated rings. The van der Waals surface area contributed by atoms with Crippen molar-refractivity contribution in [3.05, 3.63) is 59.2 Å². The average Bonchev–Trinajstić information content (AvgIpc) is 2.70. The summed E-state index contributed by atoms with van der Waals surface area (Å²) in [5, 5.41) is 0. The molecule has 1 amide bonds. The van der Waals surface area contributed by atoms with Crippen LogP contribution in [0.2, 0.25) is 0 Å². The quantitative estimate of drug-likeness (QED) is 0.782. The van der Waals surface area contributed by atoms with Gasteiger partial charge in [-0.2, -0.15) is 0 Å². The van der Waals surface area contributed by atoms with Crippen LogP contribution in [-0.2, 0) is 17.6 Å². The maximum Gasteiger partial charge on any atom is 0.223 e. The van der Waals surface area contributed by atoms with Gasteiger partial charge >= 0.3 is 0 Å². The van der Waals surface area contributed by atoms with Gasteiger partial charge in [0.15, 0.2) is 11.5 Å². The van der Waals surface area contributed by atoms with E-state index < -0.39 is 0 Å². The van der Waals surface area contributed by atoms with Crippen LogP contribution in [0.4, 0.5) is 0 Å². The summed E-state index contributed by atoms with van der Waals surface area (Å²) in [6, 6.07) is 14.5. The molecule has 1 aliphatic carbocycles. The van der Waals surface area contributed by atoms with Crippen molar-refractivity contribution in [3.8, 4) is 11.5 Å². The van der Waals surface area contributed by atoms with Gasteiger partial charge in [0.25, 0.3) is 0 Å². The second-order valence-electron chi connectivity index (χ2n) is 6.80. The van der Waals surface area contributed by atoms with E-state index in [1.807, 2.05) is 30.1 Å². The molecule has 3 rings (SSSR count). The molecule has 0 saturated carbocycles. The summed E-state index contributed by atoms with van der Waals surface area (Å²) >= 11 is 0. The number of methoxy groups -OCH3 is 2. The van der Waals surface area contributed by atoms with Crippen LogP contribution in [0.5, 0.6) is 11.5 Å². The van der Waals surface area contributed by atoms with Gasteiger partial charge in [-0.3, -0.25) is 4.79 Å². The molecule has 0 radical (unpaired) electrons. The first-order chi connectivity index (χ1) is 12.6. The lowest BCUT2D eigenvalue weighted by atomic mass is 9.87. The molecule has 0 bridgehead atoms. The third-order valence-electron chi connectivity index (χ3n) is 5.27. The number of ether oxygens (including phenoxy) is 2. The Morgan fingerprint density at radius 2 is 1.88 bits per heavy atom. The number of benzene rings is 2. The maximum atomic E-state index is 12.8. The Bertz CT molecular complexity index is 772. The number of carbonyl (C=O) groups excluding carboxylic acids is 1. The van der Waals surface area contributed by atoms with Crippen LogP contribution in [0.25, 0.3) is 0 Å². The minimum atomic E-state index is 0.182. The first-order valence-corrected chi connectivity index (χ1v) is 9.18. The van der Waals surface area contributed by atoms with Crippen molar-refractivity contribution < 1.29 is 14.3 Å². The van der Waals surface area contributed by atoms with E-state index in [0.29, 0.717) is 24.3 Å². The molecular weight excluding hydrogens is 326 g/mol. The van der Waals surface area contributed by atoms with E-state index in [2.05, 4.69) is 24.3 Å². The van der Waals surface area contributed by atoms with Crippen molar-refractivity contribution >= 4 is 5.91 Å². The maximum absolute atomic E-state index is 12.8. The van der Waals surface area contributed by atoms with E-state index in [0.717, 1.165) is 24.8 Å². The highest BCUT2D eigenvalue weighted by atomic mass is 16.5. The fraction of sp³-hybridized carbons (Fsp3) is 0.409. The Kier molecular flexibility index (Phi) is 5.82. The first kappa shape index (κ1) is 18.3. The SMILES string of the molecule is COc1ccc(CCC(=O)N(C)C2CCCc3ccccc32)cc1OC. The van der Waals surface area contributed by atoms with Crippen molar-refractivity contribution in [2.45, 2.75) is 38.1 Å². The van der Waals surface area contributed by atoms with Gasteiger partial charge in [-0.05, 0) is 54.5 Å². The van der Waals surface area contributed by atoms with Gasteiger partial charge in [-0.15, -0.1) is 0 Å². The predicted molar refractivity (Wildman–Crippen MR) is 103 cm³/mol. The van der Waals surface area contributed by atoms with Crippen molar-refractivity contribution in [2.24, 2.45) is 0 Å². The Balaban J connectivity index is 1.65. The van der Waals surface area contributed by atoms with Crippen molar-refractivity contribution in [1.82, 2.24) is 4.90 Å². The van der Waals surface area contributed by atoms with Gasteiger partial charge in [0, 0.05) is 13.5 Å². The molecule has 0 aromatic heterocycles. The van der Waals surface area contributed by atoms with E-state index in [9.17, 15) is 4.79 Å². The average molecular weight is 353 g/mol. The highest BCUT2D eigenvalue weighted by Crippen LogP contribution is 2.34. The third kappa shape index (κ3) is 3.85. The van der Waals surface area contributed by atoms with Crippen LogP contribution < -0.4 is 9.47 Å². The number of rotatable bonds is 6. The summed E-state index contributed by atoms with van der Waals surface area (Å²) in [6.45, 7) is 0. The third-order valence-corrected chi connectivity index (χ3v) is 5.27. The molecule has 2 aromatic carbocycles. The van der Waals surface area contributed by atoms with Crippen LogP contribution in [-0.4, -0.2) is 32.1 Å². The fourth-order valence-corrected chi connectivity index (χ4v) is 3.77. The zero-order valence-corrected chi connectivity index (χ0v) is 15.8. The molecule has 0 aliphatic heterocycles. The lowest BCUT2D eigenvalue weighted by molar-refractivity contribution is -0.132. The Labute approximate surface area is 155 Å². The smallest absolute Gasteiger partial charge is 0.223 e. The van der Waals surface area contributed by atoms with Gasteiger partial charge in [0.2, 0.25) is 5.91 Å². The standard InChI is InChI=1S/C22H27NO3/c1-23(19-10-6-8-17-7-4-5-9-18(17)19)22(24)14-12-16-11-13-20(25-2)21(15-16)26-3/h4-5,7,9,11,13,15,19H,6,8,10,12,14H2,1-3H3. The van der Waals surface area contributed by atoms with Crippen LogP contribution in [0.1, 0.15) is 42.0 Å². The summed E-state index contributed by atoms with van der Waals surface area (Å²) in [7, 11) is 5.18. The Hall–Kier alpha value is -2.49. The number of carbonyl (C=O) groups is 1. The molecule has 2 aromatic rings. The number of hydrogen-bond donors (Lipinski definition) is 0. The van der Waals surface area contributed by atoms with E-state index in [-0.39, 0.29) is 11.9 Å².